The Hall–Kier alpha value is -1.26. The number of carboxylic acid groups (broad SMARTS) is 1. The summed E-state index contributed by atoms with van der Waals surface area (Å²) in [5, 5.41) is 11.8. The van der Waals surface area contributed by atoms with Gasteiger partial charge in [-0.05, 0) is 31.6 Å². The standard InChI is InChI=1S/C14H26N2O3/c1-3-4-7-12(13(17)18)15-14(19)16-9-5-6-11(2)8-10-16/h11-12H,3-10H2,1-2H3,(H,15,19)(H,17,18). The van der Waals surface area contributed by atoms with Crippen LogP contribution >= 0.6 is 0 Å². The Morgan fingerprint density at radius 3 is 2.74 bits per heavy atom. The molecule has 0 aromatic carbocycles. The molecular formula is C14H26N2O3. The third-order valence-electron chi connectivity index (χ3n) is 3.75. The first-order valence-corrected chi connectivity index (χ1v) is 7.32. The van der Waals surface area contributed by atoms with Crippen LogP contribution in [0.3, 0.4) is 0 Å². The number of urea groups is 1. The SMILES string of the molecule is CCCCC(NC(=O)N1CCCC(C)CC1)C(=O)O. The average Bonchev–Trinajstić information content (AvgIpc) is 2.58. The molecule has 19 heavy (non-hydrogen) atoms. The average molecular weight is 270 g/mol. The van der Waals surface area contributed by atoms with Crippen molar-refractivity contribution in [3.05, 3.63) is 0 Å². The number of hydrogen-bond acceptors (Lipinski definition) is 2. The van der Waals surface area contributed by atoms with E-state index in [-0.39, 0.29) is 6.03 Å². The van der Waals surface area contributed by atoms with Crippen molar-refractivity contribution in [2.24, 2.45) is 5.92 Å². The Morgan fingerprint density at radius 2 is 2.11 bits per heavy atom. The van der Waals surface area contributed by atoms with E-state index in [1.165, 1.54) is 0 Å². The molecule has 0 aromatic rings. The second-order valence-corrected chi connectivity index (χ2v) is 5.51. The van der Waals surface area contributed by atoms with Crippen LogP contribution in [0.1, 0.15) is 52.4 Å². The van der Waals surface area contributed by atoms with E-state index in [4.69, 9.17) is 5.11 Å². The summed E-state index contributed by atoms with van der Waals surface area (Å²) in [6, 6.07) is -0.981. The van der Waals surface area contributed by atoms with Gasteiger partial charge >= 0.3 is 12.0 Å². The fourth-order valence-electron chi connectivity index (χ4n) is 2.37. The highest BCUT2D eigenvalue weighted by Crippen LogP contribution is 2.16. The highest BCUT2D eigenvalue weighted by molar-refractivity contribution is 5.82. The van der Waals surface area contributed by atoms with E-state index >= 15 is 0 Å². The molecule has 1 saturated heterocycles. The van der Waals surface area contributed by atoms with Crippen LogP contribution in [0.2, 0.25) is 0 Å². The number of amides is 2. The lowest BCUT2D eigenvalue weighted by Crippen LogP contribution is -2.48. The minimum atomic E-state index is -0.940. The molecule has 2 atom stereocenters. The summed E-state index contributed by atoms with van der Waals surface area (Å²) in [6.07, 6.45) is 5.39. The van der Waals surface area contributed by atoms with Crippen LogP contribution in [0.15, 0.2) is 0 Å². The molecule has 1 rings (SSSR count). The summed E-state index contributed by atoms with van der Waals surface area (Å²) in [5.74, 6) is -0.293. The van der Waals surface area contributed by atoms with Crippen molar-refractivity contribution < 1.29 is 14.7 Å². The number of nitrogens with zero attached hydrogens (tertiary/aromatic N) is 1. The zero-order chi connectivity index (χ0) is 14.3. The van der Waals surface area contributed by atoms with Crippen LogP contribution in [0.5, 0.6) is 0 Å². The molecule has 5 heteroatoms. The zero-order valence-electron chi connectivity index (χ0n) is 12.0. The van der Waals surface area contributed by atoms with Crippen molar-refractivity contribution in [1.82, 2.24) is 10.2 Å². The number of carbonyl (C=O) groups is 2. The summed E-state index contributed by atoms with van der Waals surface area (Å²) < 4.78 is 0. The summed E-state index contributed by atoms with van der Waals surface area (Å²) in [7, 11) is 0. The van der Waals surface area contributed by atoms with Gasteiger partial charge in [-0.2, -0.15) is 0 Å². The summed E-state index contributed by atoms with van der Waals surface area (Å²) in [5.41, 5.74) is 0. The third kappa shape index (κ3) is 5.49. The first-order valence-electron chi connectivity index (χ1n) is 7.32. The van der Waals surface area contributed by atoms with Crippen LogP contribution < -0.4 is 5.32 Å². The number of carbonyl (C=O) groups excluding carboxylic acids is 1. The van der Waals surface area contributed by atoms with Crippen molar-refractivity contribution in [3.8, 4) is 0 Å². The quantitative estimate of drug-likeness (QED) is 0.806. The third-order valence-corrected chi connectivity index (χ3v) is 3.75. The fourth-order valence-corrected chi connectivity index (χ4v) is 2.37. The fraction of sp³-hybridized carbons (Fsp3) is 0.857. The topological polar surface area (TPSA) is 69.6 Å². The summed E-state index contributed by atoms with van der Waals surface area (Å²) >= 11 is 0. The van der Waals surface area contributed by atoms with Gasteiger partial charge in [0, 0.05) is 13.1 Å². The highest BCUT2D eigenvalue weighted by Gasteiger charge is 2.24. The summed E-state index contributed by atoms with van der Waals surface area (Å²) in [4.78, 5) is 25.0. The molecule has 2 unspecified atom stereocenters. The molecule has 0 bridgehead atoms. The molecule has 1 aliphatic rings. The lowest BCUT2D eigenvalue weighted by atomic mass is 10.0. The van der Waals surface area contributed by atoms with Crippen molar-refractivity contribution in [1.29, 1.82) is 0 Å². The number of unbranched alkanes of at least 4 members (excludes halogenated alkanes) is 1. The molecular weight excluding hydrogens is 244 g/mol. The van der Waals surface area contributed by atoms with E-state index in [2.05, 4.69) is 12.2 Å². The van der Waals surface area contributed by atoms with Gasteiger partial charge in [0.2, 0.25) is 0 Å². The second-order valence-electron chi connectivity index (χ2n) is 5.51. The number of nitrogens with one attached hydrogen (secondary N) is 1. The van der Waals surface area contributed by atoms with Gasteiger partial charge < -0.3 is 15.3 Å². The number of hydrogen-bond donors (Lipinski definition) is 2. The van der Waals surface area contributed by atoms with E-state index in [0.717, 1.165) is 45.2 Å². The van der Waals surface area contributed by atoms with Gasteiger partial charge in [-0.3, -0.25) is 0 Å². The zero-order valence-corrected chi connectivity index (χ0v) is 12.0. The van der Waals surface area contributed by atoms with Gasteiger partial charge in [0.1, 0.15) is 6.04 Å². The van der Waals surface area contributed by atoms with Crippen LogP contribution in [-0.4, -0.2) is 41.1 Å². The second kappa shape index (κ2) is 8.02. The number of likely N-dealkylation sites (tertiary alicyclic amines) is 1. The first-order chi connectivity index (χ1) is 9.04. The Kier molecular flexibility index (Phi) is 6.67. The van der Waals surface area contributed by atoms with Crippen molar-refractivity contribution >= 4 is 12.0 Å². The molecule has 110 valence electrons. The monoisotopic (exact) mass is 270 g/mol. The number of rotatable bonds is 5. The Morgan fingerprint density at radius 1 is 1.37 bits per heavy atom. The van der Waals surface area contributed by atoms with Gasteiger partial charge in [-0.25, -0.2) is 9.59 Å². The first kappa shape index (κ1) is 15.8. The maximum absolute atomic E-state index is 12.1. The number of carboxylic acids is 1. The smallest absolute Gasteiger partial charge is 0.326 e. The molecule has 1 fully saturated rings. The van der Waals surface area contributed by atoms with Crippen LogP contribution in [0.4, 0.5) is 4.79 Å². The van der Waals surface area contributed by atoms with Gasteiger partial charge in [0.25, 0.3) is 0 Å². The van der Waals surface area contributed by atoms with E-state index in [1.807, 2.05) is 6.92 Å². The Labute approximate surface area is 115 Å². The lowest BCUT2D eigenvalue weighted by Gasteiger charge is -2.23. The van der Waals surface area contributed by atoms with Crippen molar-refractivity contribution in [3.63, 3.8) is 0 Å². The van der Waals surface area contributed by atoms with Gasteiger partial charge in [-0.1, -0.05) is 26.7 Å². The van der Waals surface area contributed by atoms with Crippen molar-refractivity contribution in [2.75, 3.05) is 13.1 Å². The van der Waals surface area contributed by atoms with E-state index < -0.39 is 12.0 Å². The Balaban J connectivity index is 2.48. The van der Waals surface area contributed by atoms with Crippen LogP contribution in [0.25, 0.3) is 0 Å². The van der Waals surface area contributed by atoms with Crippen LogP contribution in [0, 0.1) is 5.92 Å². The van der Waals surface area contributed by atoms with Gasteiger partial charge in [0.05, 0.1) is 0 Å². The minimum Gasteiger partial charge on any atom is -0.480 e. The highest BCUT2D eigenvalue weighted by atomic mass is 16.4. The summed E-state index contributed by atoms with van der Waals surface area (Å²) in [6.45, 7) is 5.67. The van der Waals surface area contributed by atoms with Gasteiger partial charge in [0.15, 0.2) is 0 Å². The normalized spacial score (nSPS) is 21.6. The predicted molar refractivity (Wildman–Crippen MR) is 74.1 cm³/mol. The van der Waals surface area contributed by atoms with Crippen LogP contribution in [-0.2, 0) is 4.79 Å². The predicted octanol–water partition coefficient (Wildman–Crippen LogP) is 2.46. The van der Waals surface area contributed by atoms with Gasteiger partial charge in [-0.15, -0.1) is 0 Å². The number of aliphatic carboxylic acids is 1. The molecule has 0 radical (unpaired) electrons. The minimum absolute atomic E-state index is 0.224. The molecule has 0 aromatic heterocycles. The maximum Gasteiger partial charge on any atom is 0.326 e. The van der Waals surface area contributed by atoms with Crippen molar-refractivity contribution in [2.45, 2.75) is 58.4 Å². The van der Waals surface area contributed by atoms with E-state index in [9.17, 15) is 9.59 Å². The van der Waals surface area contributed by atoms with E-state index in [1.54, 1.807) is 4.90 Å². The molecule has 0 aliphatic carbocycles. The molecule has 1 heterocycles. The molecule has 2 N–H and O–H groups in total. The van der Waals surface area contributed by atoms with E-state index in [0.29, 0.717) is 12.3 Å². The Bertz CT molecular complexity index is 307. The molecule has 0 saturated carbocycles. The molecule has 0 spiro atoms. The maximum atomic E-state index is 12.1. The lowest BCUT2D eigenvalue weighted by molar-refractivity contribution is -0.139. The molecule has 1 aliphatic heterocycles. The largest absolute Gasteiger partial charge is 0.480 e. The molecule has 5 nitrogen and oxygen atoms in total. The molecule has 2 amide bonds.